The minimum Gasteiger partial charge on any atom is -0.497 e. The van der Waals surface area contributed by atoms with Crippen molar-refractivity contribution in [2.45, 2.75) is 54.9 Å². The number of amides is 3. The second-order valence-corrected chi connectivity index (χ2v) is 12.8. The van der Waals surface area contributed by atoms with Gasteiger partial charge in [0.1, 0.15) is 17.4 Å². The smallest absolute Gasteiger partial charge is 0.253 e. The van der Waals surface area contributed by atoms with Crippen molar-refractivity contribution in [1.82, 2.24) is 9.80 Å². The first kappa shape index (κ1) is 31.9. The number of ether oxygens (including phenoxy) is 2. The highest BCUT2D eigenvalue weighted by Gasteiger charge is 2.77. The van der Waals surface area contributed by atoms with E-state index in [0.717, 1.165) is 5.56 Å². The molecule has 2 aromatic rings. The number of methoxy groups -OCH3 is 1. The third-order valence-electron chi connectivity index (χ3n) is 9.16. The van der Waals surface area contributed by atoms with Crippen LogP contribution >= 0.6 is 15.9 Å². The predicted octanol–water partition coefficient (Wildman–Crippen LogP) is 3.95. The molecule has 0 aromatic heterocycles. The molecule has 2 aromatic carbocycles. The van der Waals surface area contributed by atoms with Crippen LogP contribution in [0.5, 0.6) is 5.75 Å². The maximum absolute atomic E-state index is 14.7. The monoisotopic (exact) mass is 665 g/mol. The van der Waals surface area contributed by atoms with Gasteiger partial charge in [-0.2, -0.15) is 0 Å². The highest BCUT2D eigenvalue weighted by Crippen LogP contribution is 2.61. The molecule has 0 aliphatic carbocycles. The van der Waals surface area contributed by atoms with Crippen molar-refractivity contribution in [1.29, 1.82) is 0 Å². The summed E-state index contributed by atoms with van der Waals surface area (Å²) in [5, 5.41) is 10.4. The largest absolute Gasteiger partial charge is 0.497 e. The quantitative estimate of drug-likeness (QED) is 0.257. The number of rotatable bonds is 13. The number of alkyl halides is 1. The lowest BCUT2D eigenvalue weighted by molar-refractivity contribution is -0.147. The average molecular weight is 667 g/mol. The van der Waals surface area contributed by atoms with Crippen LogP contribution < -0.4 is 9.64 Å². The molecular formula is C34H40BrN3O6. The first-order chi connectivity index (χ1) is 21.3. The van der Waals surface area contributed by atoms with Crippen molar-refractivity contribution < 1.29 is 29.0 Å². The van der Waals surface area contributed by atoms with Crippen molar-refractivity contribution in [2.24, 2.45) is 11.8 Å². The fraction of sp³-hybridized carbons (Fsp3) is 0.441. The van der Waals surface area contributed by atoms with Gasteiger partial charge in [-0.3, -0.25) is 14.4 Å². The minimum atomic E-state index is -1.26. The fourth-order valence-corrected chi connectivity index (χ4v) is 8.14. The van der Waals surface area contributed by atoms with Crippen LogP contribution in [0.25, 0.3) is 0 Å². The second-order valence-electron chi connectivity index (χ2n) is 11.6. The summed E-state index contributed by atoms with van der Waals surface area (Å²) in [5.41, 5.74) is 0.305. The van der Waals surface area contributed by atoms with E-state index in [1.165, 1.54) is 4.90 Å². The van der Waals surface area contributed by atoms with Gasteiger partial charge >= 0.3 is 0 Å². The number of carbonyl (C=O) groups excluding carboxylic acids is 3. The van der Waals surface area contributed by atoms with Crippen molar-refractivity contribution in [3.8, 4) is 5.75 Å². The maximum Gasteiger partial charge on any atom is 0.253 e. The highest BCUT2D eigenvalue weighted by molar-refractivity contribution is 9.09. The molecule has 5 rings (SSSR count). The molecule has 2 bridgehead atoms. The molecule has 7 atom stereocenters. The lowest BCUT2D eigenvalue weighted by Crippen LogP contribution is -2.59. The number of likely N-dealkylation sites (tertiary alicyclic amines) is 1. The molecule has 3 fully saturated rings. The Labute approximate surface area is 267 Å². The number of nitrogens with zero attached hydrogens (tertiary/aromatic N) is 3. The number of carbonyl (C=O) groups is 3. The van der Waals surface area contributed by atoms with Crippen LogP contribution in [0.2, 0.25) is 0 Å². The van der Waals surface area contributed by atoms with Gasteiger partial charge in [0.15, 0.2) is 0 Å². The molecule has 3 heterocycles. The van der Waals surface area contributed by atoms with E-state index >= 15 is 0 Å². The molecule has 3 saturated heterocycles. The van der Waals surface area contributed by atoms with Crippen molar-refractivity contribution in [3.63, 3.8) is 0 Å². The number of aliphatic hydroxyl groups is 1. The molecular weight excluding hydrogens is 626 g/mol. The van der Waals surface area contributed by atoms with Crippen LogP contribution in [-0.4, -0.2) is 88.0 Å². The van der Waals surface area contributed by atoms with Gasteiger partial charge in [-0.15, -0.1) is 13.2 Å². The zero-order valence-corrected chi connectivity index (χ0v) is 26.8. The molecule has 9 nitrogen and oxygen atoms in total. The highest BCUT2D eigenvalue weighted by atomic mass is 79.9. The summed E-state index contributed by atoms with van der Waals surface area (Å²) in [7, 11) is 1.57. The zero-order chi connectivity index (χ0) is 31.6. The lowest BCUT2D eigenvalue weighted by atomic mass is 9.70. The molecule has 3 aliphatic heterocycles. The normalized spacial score (nSPS) is 27.5. The van der Waals surface area contributed by atoms with Gasteiger partial charge < -0.3 is 29.3 Å². The second kappa shape index (κ2) is 13.3. The van der Waals surface area contributed by atoms with Crippen LogP contribution in [0.15, 0.2) is 79.9 Å². The Morgan fingerprint density at radius 3 is 2.41 bits per heavy atom. The molecule has 234 valence electrons. The van der Waals surface area contributed by atoms with Gasteiger partial charge in [-0.1, -0.05) is 65.3 Å². The number of fused-ring (bicyclic) bond motifs is 1. The van der Waals surface area contributed by atoms with Gasteiger partial charge in [-0.05, 0) is 42.7 Å². The Balaban J connectivity index is 1.57. The van der Waals surface area contributed by atoms with E-state index in [-0.39, 0.29) is 35.7 Å². The third-order valence-corrected chi connectivity index (χ3v) is 10.0. The number of hydrogen-bond donors (Lipinski definition) is 1. The summed E-state index contributed by atoms with van der Waals surface area (Å²) in [4.78, 5) is 48.2. The Morgan fingerprint density at radius 1 is 1.14 bits per heavy atom. The van der Waals surface area contributed by atoms with E-state index in [0.29, 0.717) is 37.4 Å². The first-order valence-electron chi connectivity index (χ1n) is 15.0. The number of halogens is 1. The minimum absolute atomic E-state index is 0.189. The SMILES string of the molecule is C=CCN(Cc1ccccc1)C(=O)[C@H]1[C@@H]2OC3(CC2Br)C(C(=O)N(CC=C)c2ccc(OC)cc2)N([C@@H](CC)CO)C(=O)[C@H]13. The third kappa shape index (κ3) is 5.37. The van der Waals surface area contributed by atoms with E-state index in [1.54, 1.807) is 53.3 Å². The summed E-state index contributed by atoms with van der Waals surface area (Å²) in [6, 6.07) is 15.1. The molecule has 3 amide bonds. The van der Waals surface area contributed by atoms with Gasteiger partial charge in [0.2, 0.25) is 11.8 Å². The summed E-state index contributed by atoms with van der Waals surface area (Å²) in [5.74, 6) is -1.95. The Morgan fingerprint density at radius 2 is 1.82 bits per heavy atom. The Kier molecular flexibility index (Phi) is 9.62. The molecule has 3 aliphatic rings. The molecule has 1 N–H and O–H groups in total. The Hall–Kier alpha value is -3.47. The predicted molar refractivity (Wildman–Crippen MR) is 171 cm³/mol. The topological polar surface area (TPSA) is 99.6 Å². The fourth-order valence-electron chi connectivity index (χ4n) is 7.20. The lowest BCUT2D eigenvalue weighted by Gasteiger charge is -2.39. The summed E-state index contributed by atoms with van der Waals surface area (Å²) >= 11 is 3.76. The van der Waals surface area contributed by atoms with E-state index in [9.17, 15) is 19.5 Å². The number of hydrogen-bond acceptors (Lipinski definition) is 6. The summed E-state index contributed by atoms with van der Waals surface area (Å²) in [6.07, 6.45) is 3.50. The first-order valence-corrected chi connectivity index (χ1v) is 15.9. The van der Waals surface area contributed by atoms with Crippen molar-refractivity contribution >= 4 is 39.3 Å². The summed E-state index contributed by atoms with van der Waals surface area (Å²) < 4.78 is 12.0. The van der Waals surface area contributed by atoms with Crippen molar-refractivity contribution in [2.75, 3.05) is 31.7 Å². The van der Waals surface area contributed by atoms with E-state index < -0.39 is 35.6 Å². The molecule has 1 spiro atoms. The molecule has 44 heavy (non-hydrogen) atoms. The van der Waals surface area contributed by atoms with Crippen LogP contribution in [0.4, 0.5) is 5.69 Å². The van der Waals surface area contributed by atoms with Crippen LogP contribution in [-0.2, 0) is 25.7 Å². The van der Waals surface area contributed by atoms with Gasteiger partial charge in [0.25, 0.3) is 5.91 Å². The Bertz CT molecular complexity index is 1380. The molecule has 3 unspecified atom stereocenters. The standard InChI is InChI=1S/C34H40BrN3O6/c1-5-17-36(20-22-11-9-8-10-12-22)31(40)27-28-32(41)38(23(7-3)21-39)30(34(28)19-26(35)29(27)44-34)33(42)37(18-6-2)24-13-15-25(43-4)16-14-24/h5-6,8-16,23,26-30,39H,1-2,7,17-21H2,3-4H3/t23-,26?,27+,28-,29+,30?,34?/m0/s1. The molecule has 0 saturated carbocycles. The number of benzene rings is 2. The summed E-state index contributed by atoms with van der Waals surface area (Å²) in [6.45, 7) is 10.1. The van der Waals surface area contributed by atoms with Crippen LogP contribution in [0.3, 0.4) is 0 Å². The van der Waals surface area contributed by atoms with Crippen molar-refractivity contribution in [3.05, 3.63) is 85.5 Å². The van der Waals surface area contributed by atoms with E-state index in [2.05, 4.69) is 29.1 Å². The molecule has 0 radical (unpaired) electrons. The van der Waals surface area contributed by atoms with Crippen LogP contribution in [0, 0.1) is 11.8 Å². The maximum atomic E-state index is 14.7. The van der Waals surface area contributed by atoms with Gasteiger partial charge in [-0.25, -0.2) is 0 Å². The zero-order valence-electron chi connectivity index (χ0n) is 25.2. The van der Waals surface area contributed by atoms with E-state index in [1.807, 2.05) is 37.3 Å². The van der Waals surface area contributed by atoms with Gasteiger partial charge in [0.05, 0.1) is 37.7 Å². The number of anilines is 1. The molecule has 10 heteroatoms. The number of aliphatic hydroxyl groups excluding tert-OH is 1. The van der Waals surface area contributed by atoms with E-state index in [4.69, 9.17) is 9.47 Å². The van der Waals surface area contributed by atoms with Crippen LogP contribution in [0.1, 0.15) is 25.3 Å². The average Bonchev–Trinajstić information content (AvgIpc) is 3.63. The van der Waals surface area contributed by atoms with Gasteiger partial charge in [0, 0.05) is 30.1 Å².